The summed E-state index contributed by atoms with van der Waals surface area (Å²) in [7, 11) is -4.04. The molecule has 2 aromatic carbocycles. The van der Waals surface area contributed by atoms with Crippen LogP contribution in [-0.2, 0) is 43.0 Å². The van der Waals surface area contributed by atoms with E-state index in [1.54, 1.807) is 62.4 Å². The summed E-state index contributed by atoms with van der Waals surface area (Å²) in [6.45, 7) is 25.4. The van der Waals surface area contributed by atoms with Gasteiger partial charge in [0.1, 0.15) is 13.5 Å². The summed E-state index contributed by atoms with van der Waals surface area (Å²) in [6, 6.07) is 13.6. The Hall–Kier alpha value is -3.62. The standard InChI is InChI=1S/C40H58N4O9SSi2/c1-27-33(43(37(47)41-35(27)45)25-50-21-23-52-55(9,10)39(3,4)5)29-17-13-15-19-31(29)54(49)32-20-16-14-18-30(32)34-28(2)36(46)42-38(48)44(34)26-51-22-24-53-56(11,12)40(6,7)8/h13-20H,21-26H2,1-12H3,(H,41,45,47)(H,42,46,48). The Kier molecular flexibility index (Phi) is 14.4. The average Bonchev–Trinajstić information content (AvgIpc) is 3.11. The van der Waals surface area contributed by atoms with Crippen molar-refractivity contribution >= 4 is 27.8 Å². The monoisotopic (exact) mass is 826 g/mol. The first kappa shape index (κ1) is 45.1. The fraction of sp³-hybridized carbons (Fsp3) is 0.500. The topological polar surface area (TPSA) is 170 Å². The van der Waals surface area contributed by atoms with Gasteiger partial charge >= 0.3 is 11.4 Å². The number of nitrogens with zero attached hydrogens (tertiary/aromatic N) is 2. The van der Waals surface area contributed by atoms with Crippen molar-refractivity contribution in [1.82, 2.24) is 19.1 Å². The number of nitrogens with one attached hydrogen (secondary N) is 2. The molecule has 4 rings (SSSR count). The fourth-order valence-electron chi connectivity index (χ4n) is 5.50. The molecule has 0 bridgehead atoms. The summed E-state index contributed by atoms with van der Waals surface area (Å²) in [5, 5.41) is 0.0384. The molecule has 0 spiro atoms. The molecule has 0 amide bonds. The maximum absolute atomic E-state index is 14.8. The van der Waals surface area contributed by atoms with Crippen molar-refractivity contribution in [2.75, 3.05) is 26.4 Å². The Balaban J connectivity index is 1.72. The second-order valence-corrected chi connectivity index (χ2v) is 27.9. The second kappa shape index (κ2) is 17.9. The molecule has 13 nitrogen and oxygen atoms in total. The molecule has 0 fully saturated rings. The Labute approximate surface area is 333 Å². The van der Waals surface area contributed by atoms with E-state index in [-0.39, 0.29) is 59.3 Å². The first-order chi connectivity index (χ1) is 26.0. The average molecular weight is 827 g/mol. The van der Waals surface area contributed by atoms with Crippen LogP contribution in [0.5, 0.6) is 0 Å². The molecule has 0 aliphatic carbocycles. The minimum atomic E-state index is -2.02. The van der Waals surface area contributed by atoms with Crippen LogP contribution in [0.15, 0.2) is 77.5 Å². The molecule has 2 N–H and O–H groups in total. The van der Waals surface area contributed by atoms with E-state index in [1.165, 1.54) is 9.13 Å². The molecule has 2 heterocycles. The van der Waals surface area contributed by atoms with Crippen LogP contribution in [0.2, 0.25) is 36.3 Å². The maximum Gasteiger partial charge on any atom is 0.330 e. The van der Waals surface area contributed by atoms with Crippen LogP contribution >= 0.6 is 0 Å². The fourth-order valence-corrected chi connectivity index (χ4v) is 8.93. The summed E-state index contributed by atoms with van der Waals surface area (Å²) >= 11 is -1.95. The van der Waals surface area contributed by atoms with Gasteiger partial charge in [0.05, 0.1) is 48.9 Å². The summed E-state index contributed by atoms with van der Waals surface area (Å²) in [4.78, 5) is 58.1. The van der Waals surface area contributed by atoms with E-state index in [1.807, 2.05) is 0 Å². The van der Waals surface area contributed by atoms with Crippen LogP contribution in [0.1, 0.15) is 52.7 Å². The third-order valence-electron chi connectivity index (χ3n) is 11.0. The summed E-state index contributed by atoms with van der Waals surface area (Å²) < 4.78 is 41.8. The summed E-state index contributed by atoms with van der Waals surface area (Å²) in [5.41, 5.74) is -0.789. The first-order valence-electron chi connectivity index (χ1n) is 18.7. The van der Waals surface area contributed by atoms with E-state index in [2.05, 4.69) is 77.7 Å². The Morgan fingerprint density at radius 2 is 0.946 bits per heavy atom. The Morgan fingerprint density at radius 3 is 1.29 bits per heavy atom. The molecule has 0 saturated carbocycles. The molecule has 0 atom stereocenters. The van der Waals surface area contributed by atoms with Crippen molar-refractivity contribution in [3.63, 3.8) is 0 Å². The molecule has 0 aliphatic heterocycles. The Bertz CT molecular complexity index is 2090. The number of hydrogen-bond donors (Lipinski definition) is 2. The zero-order valence-electron chi connectivity index (χ0n) is 34.8. The maximum atomic E-state index is 14.8. The minimum Gasteiger partial charge on any atom is -0.606 e. The van der Waals surface area contributed by atoms with Gasteiger partial charge in [0.25, 0.3) is 11.1 Å². The van der Waals surface area contributed by atoms with Gasteiger partial charge in [-0.1, -0.05) is 65.8 Å². The molecule has 0 radical (unpaired) electrons. The van der Waals surface area contributed by atoms with Crippen molar-refractivity contribution in [3.05, 3.63) is 101 Å². The van der Waals surface area contributed by atoms with Gasteiger partial charge in [-0.25, -0.2) is 9.59 Å². The molecule has 2 aromatic heterocycles. The lowest BCUT2D eigenvalue weighted by Crippen LogP contribution is -2.41. The Morgan fingerprint density at radius 1 is 0.607 bits per heavy atom. The van der Waals surface area contributed by atoms with Crippen molar-refractivity contribution in [3.8, 4) is 22.5 Å². The zero-order valence-corrected chi connectivity index (χ0v) is 37.7. The van der Waals surface area contributed by atoms with E-state index in [4.69, 9.17) is 18.3 Å². The van der Waals surface area contributed by atoms with Crippen molar-refractivity contribution in [2.24, 2.45) is 0 Å². The van der Waals surface area contributed by atoms with Gasteiger partial charge in [0, 0.05) is 22.3 Å². The molecule has 306 valence electrons. The van der Waals surface area contributed by atoms with Crippen LogP contribution in [-0.4, -0.2) is 66.7 Å². The highest BCUT2D eigenvalue weighted by Gasteiger charge is 2.38. The van der Waals surface area contributed by atoms with E-state index >= 15 is 0 Å². The predicted molar refractivity (Wildman–Crippen MR) is 226 cm³/mol. The van der Waals surface area contributed by atoms with Crippen molar-refractivity contribution < 1.29 is 22.9 Å². The van der Waals surface area contributed by atoms with Crippen molar-refractivity contribution in [2.45, 2.75) is 115 Å². The summed E-state index contributed by atoms with van der Waals surface area (Å²) in [6.07, 6.45) is 0. The van der Waals surface area contributed by atoms with E-state index in [0.717, 1.165) is 0 Å². The SMILES string of the molecule is Cc1c(-c2ccccc2[S+]([O-])c2ccccc2-c2c(C)c(=O)[nH]c(=O)n2COCCO[Si](C)(C)C(C)(C)C)n(COCCO[Si](C)(C)C(C)(C)C)c(=O)[nH]c1=O. The van der Waals surface area contributed by atoms with E-state index in [9.17, 15) is 23.7 Å². The number of benzene rings is 2. The normalized spacial score (nSPS) is 12.8. The van der Waals surface area contributed by atoms with Crippen LogP contribution in [0.3, 0.4) is 0 Å². The highest BCUT2D eigenvalue weighted by Crippen LogP contribution is 2.38. The number of hydrogen-bond acceptors (Lipinski definition) is 9. The third kappa shape index (κ3) is 10.1. The van der Waals surface area contributed by atoms with Crippen LogP contribution in [0.25, 0.3) is 22.5 Å². The number of H-pyrrole nitrogens is 2. The highest BCUT2D eigenvalue weighted by molar-refractivity contribution is 7.91. The number of aromatic amines is 2. The molecule has 4 aromatic rings. The highest BCUT2D eigenvalue weighted by atomic mass is 32.2. The number of ether oxygens (including phenoxy) is 2. The van der Waals surface area contributed by atoms with Crippen LogP contribution in [0, 0.1) is 13.8 Å². The molecule has 56 heavy (non-hydrogen) atoms. The predicted octanol–water partition coefficient (Wildman–Crippen LogP) is 6.50. The zero-order chi connectivity index (χ0) is 41.8. The van der Waals surface area contributed by atoms with Gasteiger partial charge in [0.15, 0.2) is 26.4 Å². The largest absolute Gasteiger partial charge is 0.606 e. The van der Waals surface area contributed by atoms with E-state index < -0.39 is 50.3 Å². The van der Waals surface area contributed by atoms with Crippen LogP contribution in [0.4, 0.5) is 0 Å². The molecule has 0 unspecified atom stereocenters. The van der Waals surface area contributed by atoms with E-state index in [0.29, 0.717) is 34.1 Å². The van der Waals surface area contributed by atoms with Gasteiger partial charge < -0.3 is 22.9 Å². The molecule has 0 saturated heterocycles. The minimum absolute atomic E-state index is 0.0192. The third-order valence-corrected chi connectivity index (χ3v) is 21.6. The first-order valence-corrected chi connectivity index (χ1v) is 25.7. The number of aromatic nitrogens is 4. The molecular formula is C40H58N4O9SSi2. The lowest BCUT2D eigenvalue weighted by Gasteiger charge is -2.36. The van der Waals surface area contributed by atoms with Gasteiger partial charge in [-0.2, -0.15) is 0 Å². The van der Waals surface area contributed by atoms with Gasteiger partial charge in [0.2, 0.25) is 0 Å². The van der Waals surface area contributed by atoms with Gasteiger partial charge in [-0.05, 0) is 74.4 Å². The summed E-state index contributed by atoms with van der Waals surface area (Å²) in [5.74, 6) is 0. The van der Waals surface area contributed by atoms with Crippen molar-refractivity contribution in [1.29, 1.82) is 0 Å². The van der Waals surface area contributed by atoms with Gasteiger partial charge in [-0.3, -0.25) is 28.7 Å². The second-order valence-electron chi connectivity index (χ2n) is 16.9. The molecule has 16 heteroatoms. The smallest absolute Gasteiger partial charge is 0.330 e. The lowest BCUT2D eigenvalue weighted by molar-refractivity contribution is 0.0490. The molecular weight excluding hydrogens is 769 g/mol. The van der Waals surface area contributed by atoms with Gasteiger partial charge in [-0.15, -0.1) is 0 Å². The number of rotatable bonds is 16. The lowest BCUT2D eigenvalue weighted by atomic mass is 10.1. The molecule has 0 aliphatic rings. The quantitative estimate of drug-likeness (QED) is 0.0728. The van der Waals surface area contributed by atoms with Crippen LogP contribution < -0.4 is 22.5 Å².